The summed E-state index contributed by atoms with van der Waals surface area (Å²) in [5.41, 5.74) is 0.760. The van der Waals surface area contributed by atoms with Crippen molar-refractivity contribution < 1.29 is 14.4 Å². The highest BCUT2D eigenvalue weighted by Gasteiger charge is 2.52. The third-order valence-electron chi connectivity index (χ3n) is 5.14. The lowest BCUT2D eigenvalue weighted by Gasteiger charge is -2.33. The van der Waals surface area contributed by atoms with Gasteiger partial charge in [-0.15, -0.1) is 0 Å². The van der Waals surface area contributed by atoms with Crippen molar-refractivity contribution in [3.63, 3.8) is 0 Å². The number of nitrogens with zero attached hydrogens (tertiary/aromatic N) is 1. The monoisotopic (exact) mass is 407 g/mol. The summed E-state index contributed by atoms with van der Waals surface area (Å²) >= 11 is 3.38. The van der Waals surface area contributed by atoms with E-state index in [0.29, 0.717) is 24.4 Å². The molecule has 134 valence electrons. The second kappa shape index (κ2) is 6.78. The van der Waals surface area contributed by atoms with E-state index < -0.39 is 11.6 Å². The van der Waals surface area contributed by atoms with Crippen molar-refractivity contribution in [2.45, 2.75) is 45.1 Å². The second-order valence-corrected chi connectivity index (χ2v) is 8.01. The van der Waals surface area contributed by atoms with Crippen LogP contribution in [-0.2, 0) is 9.59 Å². The number of imide groups is 1. The number of carbonyl (C=O) groups excluding carboxylic acids is 3. The van der Waals surface area contributed by atoms with Gasteiger partial charge in [0.05, 0.1) is 0 Å². The number of rotatable bonds is 3. The zero-order valence-electron chi connectivity index (χ0n) is 14.4. The zero-order valence-corrected chi connectivity index (χ0v) is 16.0. The van der Waals surface area contributed by atoms with Crippen LogP contribution in [-0.4, -0.2) is 34.8 Å². The van der Waals surface area contributed by atoms with Gasteiger partial charge in [0.1, 0.15) is 12.1 Å². The van der Waals surface area contributed by atoms with Gasteiger partial charge in [0.25, 0.3) is 5.91 Å². The van der Waals surface area contributed by atoms with E-state index in [1.54, 1.807) is 6.07 Å². The predicted octanol–water partition coefficient (Wildman–Crippen LogP) is 3.20. The van der Waals surface area contributed by atoms with Gasteiger partial charge in [-0.1, -0.05) is 22.9 Å². The van der Waals surface area contributed by atoms with Crippen LogP contribution in [0.25, 0.3) is 0 Å². The number of halogens is 1. The van der Waals surface area contributed by atoms with Crippen LogP contribution in [0.3, 0.4) is 0 Å². The Labute approximate surface area is 155 Å². The smallest absolute Gasteiger partial charge is 0.324 e. The number of hydrogen-bond donors (Lipinski definition) is 2. The van der Waals surface area contributed by atoms with Gasteiger partial charge in [-0.05, 0) is 62.3 Å². The van der Waals surface area contributed by atoms with Crippen molar-refractivity contribution in [3.05, 3.63) is 28.2 Å². The quantitative estimate of drug-likeness (QED) is 0.755. The molecule has 2 fully saturated rings. The first-order valence-electron chi connectivity index (χ1n) is 8.51. The van der Waals surface area contributed by atoms with Crippen LogP contribution in [0.4, 0.5) is 10.5 Å². The standard InChI is InChI=1S/C18H22BrN3O3/c1-11-5-7-18(8-6-11)16(24)22(17(25)21-18)10-15(23)20-14-4-3-13(19)9-12(14)2/h3-4,9,11H,5-8,10H2,1-2H3,(H,20,23)(H,21,25). The topological polar surface area (TPSA) is 78.5 Å². The van der Waals surface area contributed by atoms with Crippen molar-refractivity contribution in [3.8, 4) is 0 Å². The number of hydrogen-bond acceptors (Lipinski definition) is 3. The number of aryl methyl sites for hydroxylation is 1. The molecule has 2 aliphatic rings. The Hall–Kier alpha value is -1.89. The van der Waals surface area contributed by atoms with E-state index >= 15 is 0 Å². The van der Waals surface area contributed by atoms with E-state index in [9.17, 15) is 14.4 Å². The molecule has 2 N–H and O–H groups in total. The van der Waals surface area contributed by atoms with Crippen LogP contribution in [0, 0.1) is 12.8 Å². The highest BCUT2D eigenvalue weighted by molar-refractivity contribution is 9.10. The number of benzene rings is 1. The Morgan fingerprint density at radius 1 is 1.36 bits per heavy atom. The molecule has 6 nitrogen and oxygen atoms in total. The summed E-state index contributed by atoms with van der Waals surface area (Å²) in [6.07, 6.45) is 3.10. The average molecular weight is 408 g/mol. The molecule has 25 heavy (non-hydrogen) atoms. The van der Waals surface area contributed by atoms with E-state index in [2.05, 4.69) is 33.5 Å². The molecule has 1 aromatic rings. The summed E-state index contributed by atoms with van der Waals surface area (Å²) in [5, 5.41) is 5.60. The first-order chi connectivity index (χ1) is 11.8. The summed E-state index contributed by atoms with van der Waals surface area (Å²) in [6.45, 7) is 3.77. The zero-order chi connectivity index (χ0) is 18.2. The summed E-state index contributed by atoms with van der Waals surface area (Å²) in [5.74, 6) is -0.0877. The minimum Gasteiger partial charge on any atom is -0.324 e. The largest absolute Gasteiger partial charge is 0.325 e. The van der Waals surface area contributed by atoms with E-state index in [4.69, 9.17) is 0 Å². The molecule has 1 heterocycles. The fraction of sp³-hybridized carbons (Fsp3) is 0.500. The third-order valence-corrected chi connectivity index (χ3v) is 5.63. The Balaban J connectivity index is 1.67. The van der Waals surface area contributed by atoms with Crippen LogP contribution in [0.1, 0.15) is 38.2 Å². The maximum atomic E-state index is 12.8. The summed E-state index contributed by atoms with van der Waals surface area (Å²) in [7, 11) is 0. The average Bonchev–Trinajstić information content (AvgIpc) is 2.78. The molecule has 0 atom stereocenters. The van der Waals surface area contributed by atoms with E-state index in [0.717, 1.165) is 27.8 Å². The van der Waals surface area contributed by atoms with Crippen molar-refractivity contribution >= 4 is 39.5 Å². The Morgan fingerprint density at radius 3 is 2.68 bits per heavy atom. The molecule has 1 aliphatic heterocycles. The maximum absolute atomic E-state index is 12.8. The minimum atomic E-state index is -0.808. The molecule has 0 unspecified atom stereocenters. The Kier molecular flexibility index (Phi) is 4.86. The van der Waals surface area contributed by atoms with Gasteiger partial charge in [0, 0.05) is 10.2 Å². The minimum absolute atomic E-state index is 0.266. The summed E-state index contributed by atoms with van der Waals surface area (Å²) in [6, 6.07) is 5.03. The SMILES string of the molecule is Cc1cc(Br)ccc1NC(=O)CN1C(=O)NC2(CCC(C)CC2)C1=O. The molecule has 1 spiro atoms. The number of anilines is 1. The lowest BCUT2D eigenvalue weighted by Crippen LogP contribution is -2.49. The molecule has 4 amide bonds. The van der Waals surface area contributed by atoms with Gasteiger partial charge in [-0.25, -0.2) is 4.79 Å². The first kappa shape index (κ1) is 17.9. The maximum Gasteiger partial charge on any atom is 0.325 e. The molecule has 1 saturated heterocycles. The third kappa shape index (κ3) is 3.56. The van der Waals surface area contributed by atoms with Crippen LogP contribution in [0.5, 0.6) is 0 Å². The van der Waals surface area contributed by atoms with Gasteiger partial charge < -0.3 is 10.6 Å². The highest BCUT2D eigenvalue weighted by atomic mass is 79.9. The van der Waals surface area contributed by atoms with Gasteiger partial charge in [0.2, 0.25) is 5.91 Å². The molecule has 0 aromatic heterocycles. The molecule has 0 radical (unpaired) electrons. The fourth-order valence-corrected chi connectivity index (χ4v) is 3.99. The Morgan fingerprint density at radius 2 is 2.04 bits per heavy atom. The van der Waals surface area contributed by atoms with Crippen molar-refractivity contribution in [2.75, 3.05) is 11.9 Å². The molecular weight excluding hydrogens is 386 g/mol. The molecular formula is C18H22BrN3O3. The number of carbonyl (C=O) groups is 3. The van der Waals surface area contributed by atoms with Crippen LogP contribution in [0.15, 0.2) is 22.7 Å². The lowest BCUT2D eigenvalue weighted by atomic mass is 9.77. The predicted molar refractivity (Wildman–Crippen MR) is 98.1 cm³/mol. The number of urea groups is 1. The van der Waals surface area contributed by atoms with E-state index in [-0.39, 0.29) is 18.4 Å². The van der Waals surface area contributed by atoms with E-state index in [1.807, 2.05) is 19.1 Å². The number of amides is 4. The molecule has 1 aliphatic carbocycles. The second-order valence-electron chi connectivity index (χ2n) is 7.09. The van der Waals surface area contributed by atoms with Gasteiger partial charge >= 0.3 is 6.03 Å². The van der Waals surface area contributed by atoms with Crippen molar-refractivity contribution in [1.82, 2.24) is 10.2 Å². The lowest BCUT2D eigenvalue weighted by molar-refractivity contribution is -0.135. The van der Waals surface area contributed by atoms with E-state index in [1.165, 1.54) is 0 Å². The molecule has 7 heteroatoms. The highest BCUT2D eigenvalue weighted by Crippen LogP contribution is 2.36. The first-order valence-corrected chi connectivity index (χ1v) is 9.30. The van der Waals surface area contributed by atoms with Crippen LogP contribution >= 0.6 is 15.9 Å². The molecule has 1 aromatic carbocycles. The molecule has 0 bridgehead atoms. The summed E-state index contributed by atoms with van der Waals surface area (Å²) in [4.78, 5) is 38.4. The van der Waals surface area contributed by atoms with Gasteiger partial charge in [-0.2, -0.15) is 0 Å². The molecule has 3 rings (SSSR count). The number of nitrogens with one attached hydrogen (secondary N) is 2. The van der Waals surface area contributed by atoms with Crippen molar-refractivity contribution in [2.24, 2.45) is 5.92 Å². The van der Waals surface area contributed by atoms with Crippen LogP contribution < -0.4 is 10.6 Å². The van der Waals surface area contributed by atoms with Gasteiger partial charge in [-0.3, -0.25) is 14.5 Å². The van der Waals surface area contributed by atoms with Gasteiger partial charge in [0.15, 0.2) is 0 Å². The van der Waals surface area contributed by atoms with Crippen molar-refractivity contribution in [1.29, 1.82) is 0 Å². The fourth-order valence-electron chi connectivity index (χ4n) is 3.51. The summed E-state index contributed by atoms with van der Waals surface area (Å²) < 4.78 is 0.922. The normalized spacial score (nSPS) is 26.0. The molecule has 1 saturated carbocycles. The van der Waals surface area contributed by atoms with Crippen LogP contribution in [0.2, 0.25) is 0 Å². The Bertz CT molecular complexity index is 726.